The monoisotopic (exact) mass is 340 g/mol. The minimum Gasteiger partial charge on any atom is -0.352 e. The molecule has 6 nitrogen and oxygen atoms in total. The zero-order valence-electron chi connectivity index (χ0n) is 14.5. The summed E-state index contributed by atoms with van der Waals surface area (Å²) in [6, 6.07) is 9.12. The average molecular weight is 340 g/mol. The van der Waals surface area contributed by atoms with Crippen molar-refractivity contribution < 1.29 is 9.59 Å². The molecule has 3 N–H and O–H groups in total. The summed E-state index contributed by atoms with van der Waals surface area (Å²) in [6.45, 7) is 1.94. The van der Waals surface area contributed by atoms with E-state index in [0.717, 1.165) is 11.3 Å². The van der Waals surface area contributed by atoms with Crippen molar-refractivity contribution in [1.29, 1.82) is 0 Å². The number of carbonyl (C=O) groups excluding carboxylic acids is 2. The van der Waals surface area contributed by atoms with Crippen molar-refractivity contribution in [3.63, 3.8) is 0 Å². The number of aromatic amines is 1. The van der Waals surface area contributed by atoms with Crippen LogP contribution in [0.4, 0.5) is 5.82 Å². The standard InChI is InChI=1S/C19H24N4O2/c1-13(24)20-12-14-7-9-16(10-8-14)19(25)21-18-11-17(22-23-18)15-5-3-2-4-6-15/h7-11,15H,2-6,12H2,1H3,(H,20,24)(H2,21,22,23,25). The summed E-state index contributed by atoms with van der Waals surface area (Å²) in [7, 11) is 0. The summed E-state index contributed by atoms with van der Waals surface area (Å²) in [5.74, 6) is 0.828. The summed E-state index contributed by atoms with van der Waals surface area (Å²) in [4.78, 5) is 23.3. The second-order valence-corrected chi connectivity index (χ2v) is 6.60. The number of nitrogens with one attached hydrogen (secondary N) is 3. The maximum Gasteiger partial charge on any atom is 0.256 e. The van der Waals surface area contributed by atoms with Crippen molar-refractivity contribution in [2.45, 2.75) is 51.5 Å². The molecule has 0 unspecified atom stereocenters. The van der Waals surface area contributed by atoms with Crippen LogP contribution in [0.3, 0.4) is 0 Å². The molecule has 1 aromatic heterocycles. The fourth-order valence-corrected chi connectivity index (χ4v) is 3.21. The van der Waals surface area contributed by atoms with Crippen LogP contribution in [-0.2, 0) is 11.3 Å². The van der Waals surface area contributed by atoms with Crippen LogP contribution < -0.4 is 10.6 Å². The third-order valence-electron chi connectivity index (χ3n) is 4.64. The quantitative estimate of drug-likeness (QED) is 0.780. The van der Waals surface area contributed by atoms with Gasteiger partial charge in [-0.05, 0) is 30.5 Å². The molecule has 1 saturated carbocycles. The predicted octanol–water partition coefficient (Wildman–Crippen LogP) is 3.35. The summed E-state index contributed by atoms with van der Waals surface area (Å²) in [6.07, 6.45) is 6.20. The Hall–Kier alpha value is -2.63. The molecular weight excluding hydrogens is 316 g/mol. The van der Waals surface area contributed by atoms with Gasteiger partial charge in [-0.3, -0.25) is 14.7 Å². The molecule has 2 aromatic rings. The highest BCUT2D eigenvalue weighted by atomic mass is 16.2. The predicted molar refractivity (Wildman–Crippen MR) is 96.3 cm³/mol. The van der Waals surface area contributed by atoms with E-state index in [9.17, 15) is 9.59 Å². The molecule has 25 heavy (non-hydrogen) atoms. The number of benzene rings is 1. The Balaban J connectivity index is 1.58. The fraction of sp³-hybridized carbons (Fsp3) is 0.421. The number of hydrogen-bond donors (Lipinski definition) is 3. The SMILES string of the molecule is CC(=O)NCc1ccc(C(=O)Nc2cc(C3CCCCC3)[nH]n2)cc1. The third-order valence-corrected chi connectivity index (χ3v) is 4.64. The zero-order valence-corrected chi connectivity index (χ0v) is 14.5. The first kappa shape index (κ1) is 17.2. The fourth-order valence-electron chi connectivity index (χ4n) is 3.21. The lowest BCUT2D eigenvalue weighted by molar-refractivity contribution is -0.119. The maximum atomic E-state index is 12.3. The second kappa shape index (κ2) is 7.96. The van der Waals surface area contributed by atoms with Gasteiger partial charge in [0, 0.05) is 36.7 Å². The molecule has 1 heterocycles. The van der Waals surface area contributed by atoms with E-state index >= 15 is 0 Å². The van der Waals surface area contributed by atoms with Crippen LogP contribution >= 0.6 is 0 Å². The Morgan fingerprint density at radius 3 is 2.56 bits per heavy atom. The first-order valence-electron chi connectivity index (χ1n) is 8.82. The molecule has 2 amide bonds. The number of nitrogens with zero attached hydrogens (tertiary/aromatic N) is 1. The van der Waals surface area contributed by atoms with Gasteiger partial charge in [0.05, 0.1) is 0 Å². The highest BCUT2D eigenvalue weighted by Gasteiger charge is 2.18. The normalized spacial score (nSPS) is 14.9. The average Bonchev–Trinajstić information content (AvgIpc) is 3.09. The highest BCUT2D eigenvalue weighted by Crippen LogP contribution is 2.32. The van der Waals surface area contributed by atoms with E-state index in [4.69, 9.17) is 0 Å². The third kappa shape index (κ3) is 4.68. The lowest BCUT2D eigenvalue weighted by Gasteiger charge is -2.19. The van der Waals surface area contributed by atoms with E-state index in [1.54, 1.807) is 12.1 Å². The second-order valence-electron chi connectivity index (χ2n) is 6.60. The van der Waals surface area contributed by atoms with Gasteiger partial charge in [0.2, 0.25) is 5.91 Å². The van der Waals surface area contributed by atoms with Gasteiger partial charge in [-0.25, -0.2) is 0 Å². The van der Waals surface area contributed by atoms with E-state index in [1.165, 1.54) is 39.0 Å². The van der Waals surface area contributed by atoms with Gasteiger partial charge in [-0.15, -0.1) is 0 Å². The molecule has 0 atom stereocenters. The van der Waals surface area contributed by atoms with Crippen LogP contribution in [0.5, 0.6) is 0 Å². The Bertz CT molecular complexity index is 730. The largest absolute Gasteiger partial charge is 0.352 e. The van der Waals surface area contributed by atoms with E-state index in [0.29, 0.717) is 23.8 Å². The molecule has 6 heteroatoms. The maximum absolute atomic E-state index is 12.3. The number of anilines is 1. The summed E-state index contributed by atoms with van der Waals surface area (Å²) >= 11 is 0. The van der Waals surface area contributed by atoms with Gasteiger partial charge < -0.3 is 10.6 Å². The lowest BCUT2D eigenvalue weighted by Crippen LogP contribution is -2.19. The minimum absolute atomic E-state index is 0.0749. The van der Waals surface area contributed by atoms with E-state index in [-0.39, 0.29) is 11.8 Å². The number of H-pyrrole nitrogens is 1. The van der Waals surface area contributed by atoms with Crippen molar-refractivity contribution in [2.24, 2.45) is 0 Å². The molecule has 1 fully saturated rings. The summed E-state index contributed by atoms with van der Waals surface area (Å²) in [5.41, 5.74) is 2.63. The van der Waals surface area contributed by atoms with Crippen LogP contribution in [0, 0.1) is 0 Å². The summed E-state index contributed by atoms with van der Waals surface area (Å²) in [5, 5.41) is 12.8. The molecule has 1 aliphatic carbocycles. The number of hydrogen-bond acceptors (Lipinski definition) is 3. The number of carbonyl (C=O) groups is 2. The molecule has 0 bridgehead atoms. The number of amides is 2. The van der Waals surface area contributed by atoms with Gasteiger partial charge in [0.15, 0.2) is 5.82 Å². The first-order chi connectivity index (χ1) is 12.1. The van der Waals surface area contributed by atoms with Crippen LogP contribution in [-0.4, -0.2) is 22.0 Å². The van der Waals surface area contributed by atoms with Gasteiger partial charge in [0.1, 0.15) is 0 Å². The Morgan fingerprint density at radius 2 is 1.88 bits per heavy atom. The first-order valence-corrected chi connectivity index (χ1v) is 8.82. The molecule has 3 rings (SSSR count). The van der Waals surface area contributed by atoms with Crippen molar-refractivity contribution in [2.75, 3.05) is 5.32 Å². The molecule has 0 radical (unpaired) electrons. The molecule has 0 saturated heterocycles. The van der Waals surface area contributed by atoms with Crippen LogP contribution in [0.2, 0.25) is 0 Å². The van der Waals surface area contributed by atoms with Gasteiger partial charge in [-0.2, -0.15) is 5.10 Å². The molecular formula is C19H24N4O2. The minimum atomic E-state index is -0.187. The van der Waals surface area contributed by atoms with Gasteiger partial charge >= 0.3 is 0 Å². The van der Waals surface area contributed by atoms with Gasteiger partial charge in [0.25, 0.3) is 5.91 Å². The van der Waals surface area contributed by atoms with Gasteiger partial charge in [-0.1, -0.05) is 31.4 Å². The zero-order chi connectivity index (χ0) is 17.6. The Kier molecular flexibility index (Phi) is 5.48. The van der Waals surface area contributed by atoms with Crippen LogP contribution in [0.15, 0.2) is 30.3 Å². The van der Waals surface area contributed by atoms with E-state index in [1.807, 2.05) is 18.2 Å². The topological polar surface area (TPSA) is 86.9 Å². The van der Waals surface area contributed by atoms with Crippen molar-refractivity contribution in [1.82, 2.24) is 15.5 Å². The van der Waals surface area contributed by atoms with E-state index < -0.39 is 0 Å². The lowest BCUT2D eigenvalue weighted by atomic mass is 9.87. The van der Waals surface area contributed by atoms with Crippen molar-refractivity contribution in [3.8, 4) is 0 Å². The Morgan fingerprint density at radius 1 is 1.16 bits per heavy atom. The smallest absolute Gasteiger partial charge is 0.256 e. The molecule has 0 spiro atoms. The molecule has 1 aliphatic rings. The number of rotatable bonds is 5. The summed E-state index contributed by atoms with van der Waals surface area (Å²) < 4.78 is 0. The highest BCUT2D eigenvalue weighted by molar-refractivity contribution is 6.03. The Labute approximate surface area is 147 Å². The number of aromatic nitrogens is 2. The molecule has 0 aliphatic heterocycles. The molecule has 1 aromatic carbocycles. The van der Waals surface area contributed by atoms with Crippen LogP contribution in [0.25, 0.3) is 0 Å². The van der Waals surface area contributed by atoms with E-state index in [2.05, 4.69) is 20.8 Å². The van der Waals surface area contributed by atoms with Crippen molar-refractivity contribution >= 4 is 17.6 Å². The van der Waals surface area contributed by atoms with Crippen molar-refractivity contribution in [3.05, 3.63) is 47.2 Å². The van der Waals surface area contributed by atoms with Crippen LogP contribution in [0.1, 0.15) is 66.6 Å². The molecule has 132 valence electrons.